The molecule has 2 amide bonds. The van der Waals surface area contributed by atoms with Crippen molar-refractivity contribution in [3.05, 3.63) is 18.2 Å². The van der Waals surface area contributed by atoms with Gasteiger partial charge in [0.05, 0.1) is 51.3 Å². The Hall–Kier alpha value is -4.10. The van der Waals surface area contributed by atoms with E-state index in [4.69, 9.17) is 29.8 Å². The van der Waals surface area contributed by atoms with E-state index >= 15 is 0 Å². The number of H-pyrrole nitrogens is 1. The fourth-order valence-electron chi connectivity index (χ4n) is 7.32. The molecular formula is C49H85N5O13. The second-order valence-electron chi connectivity index (χ2n) is 18.1. The van der Waals surface area contributed by atoms with Gasteiger partial charge in [-0.25, -0.2) is 4.98 Å². The zero-order valence-corrected chi connectivity index (χ0v) is 40.8. The molecule has 18 heteroatoms. The molecule has 1 aromatic rings. The SMILES string of the molecule is CC(C)(CC(=O)[C@@H](N)Cc1cnc[nH]1)C(=O)C[C@@H](CCCCNC(=O)COCCOCCNC(=O)COCCOCCCC(=O)CCCCCCCCCCCCCCCCC(=O)O)C(=O)O. The highest BCUT2D eigenvalue weighted by Crippen LogP contribution is 2.28. The quantitative estimate of drug-likeness (QED) is 0.0405. The first kappa shape index (κ1) is 60.9. The highest BCUT2D eigenvalue weighted by molar-refractivity contribution is 5.94. The van der Waals surface area contributed by atoms with Gasteiger partial charge in [0.15, 0.2) is 5.78 Å². The zero-order chi connectivity index (χ0) is 49.4. The third-order valence-electron chi connectivity index (χ3n) is 11.5. The lowest BCUT2D eigenvalue weighted by Crippen LogP contribution is -2.38. The molecule has 0 bridgehead atoms. The number of hydrogen-bond acceptors (Lipinski definition) is 13. The number of Topliss-reactive ketones (excluding diaryl/α,β-unsaturated/α-hetero) is 3. The van der Waals surface area contributed by atoms with E-state index < -0.39 is 29.3 Å². The highest BCUT2D eigenvalue weighted by atomic mass is 16.5. The maximum Gasteiger partial charge on any atom is 0.306 e. The van der Waals surface area contributed by atoms with Gasteiger partial charge in [0.2, 0.25) is 11.8 Å². The number of carboxylic acid groups (broad SMARTS) is 2. The smallest absolute Gasteiger partial charge is 0.306 e. The Balaban J connectivity index is 1.91. The van der Waals surface area contributed by atoms with E-state index in [-0.39, 0.29) is 107 Å². The Labute approximate surface area is 398 Å². The number of unbranched alkanes of at least 4 members (excludes halogenated alkanes) is 14. The van der Waals surface area contributed by atoms with Gasteiger partial charge in [-0.15, -0.1) is 0 Å². The van der Waals surface area contributed by atoms with Crippen LogP contribution in [0.25, 0.3) is 0 Å². The number of carboxylic acids is 2. The number of hydrogen-bond donors (Lipinski definition) is 6. The Bertz CT molecular complexity index is 1510. The normalized spacial score (nSPS) is 12.4. The van der Waals surface area contributed by atoms with Crippen molar-refractivity contribution < 1.29 is 62.7 Å². The van der Waals surface area contributed by atoms with Crippen molar-refractivity contribution in [1.82, 2.24) is 20.6 Å². The first-order chi connectivity index (χ1) is 32.2. The van der Waals surface area contributed by atoms with Gasteiger partial charge >= 0.3 is 11.9 Å². The van der Waals surface area contributed by atoms with Gasteiger partial charge in [-0.3, -0.25) is 33.6 Å². The third-order valence-corrected chi connectivity index (χ3v) is 11.5. The molecule has 18 nitrogen and oxygen atoms in total. The number of aliphatic carboxylic acids is 2. The van der Waals surface area contributed by atoms with Crippen LogP contribution < -0.4 is 16.4 Å². The number of amides is 2. The first-order valence-electron chi connectivity index (χ1n) is 24.8. The molecule has 2 atom stereocenters. The van der Waals surface area contributed by atoms with E-state index in [1.165, 1.54) is 64.1 Å². The Morgan fingerprint density at radius 2 is 1.15 bits per heavy atom. The molecule has 0 aliphatic carbocycles. The summed E-state index contributed by atoms with van der Waals surface area (Å²) in [4.78, 5) is 91.2. The van der Waals surface area contributed by atoms with Crippen LogP contribution in [0.4, 0.5) is 0 Å². The summed E-state index contributed by atoms with van der Waals surface area (Å²) >= 11 is 0. The number of nitrogens with zero attached hydrogens (tertiary/aromatic N) is 1. The molecule has 7 N–H and O–H groups in total. The second-order valence-corrected chi connectivity index (χ2v) is 18.1. The third kappa shape index (κ3) is 35.7. The van der Waals surface area contributed by atoms with Crippen LogP contribution in [-0.2, 0) is 58.9 Å². The number of nitrogens with one attached hydrogen (secondary N) is 3. The van der Waals surface area contributed by atoms with Gasteiger partial charge in [-0.1, -0.05) is 97.3 Å². The summed E-state index contributed by atoms with van der Waals surface area (Å²) in [5.74, 6) is -3.63. The Kier molecular flexibility index (Phi) is 36.2. The van der Waals surface area contributed by atoms with Gasteiger partial charge in [0.25, 0.3) is 0 Å². The number of aromatic amines is 1. The highest BCUT2D eigenvalue weighted by Gasteiger charge is 2.35. The molecule has 67 heavy (non-hydrogen) atoms. The average Bonchev–Trinajstić information content (AvgIpc) is 3.80. The van der Waals surface area contributed by atoms with E-state index in [9.17, 15) is 38.7 Å². The summed E-state index contributed by atoms with van der Waals surface area (Å²) in [6.45, 7) is 5.32. The summed E-state index contributed by atoms with van der Waals surface area (Å²) < 4.78 is 21.6. The molecule has 0 fully saturated rings. The predicted octanol–water partition coefficient (Wildman–Crippen LogP) is 6.07. The van der Waals surface area contributed by atoms with Gasteiger partial charge < -0.3 is 50.5 Å². The molecule has 0 spiro atoms. The lowest BCUT2D eigenvalue weighted by atomic mass is 9.77. The monoisotopic (exact) mass is 952 g/mol. The summed E-state index contributed by atoms with van der Waals surface area (Å²) in [5.41, 5.74) is 5.67. The standard InChI is InChI=1S/C49H85N5O13/c1-49(2,34-43(56)42(50)33-40-35-51-38-54-40)44(57)32-39(48(62)63)20-17-18-24-52-45(58)36-67-31-29-65-27-25-53-46(59)37-66-30-28-64-26-19-22-41(55)21-15-13-11-9-7-5-3-4-6-8-10-12-14-16-23-47(60)61/h35,38-39,42H,3-34,36-37,50H2,1-2H3,(H,51,54)(H,52,58)(H,53,59)(H,60,61)(H,62,63)/t39-,42+/m1/s1. The maximum absolute atomic E-state index is 13.0. The van der Waals surface area contributed by atoms with Crippen molar-refractivity contribution in [1.29, 1.82) is 0 Å². The van der Waals surface area contributed by atoms with Crippen molar-refractivity contribution in [3.63, 3.8) is 0 Å². The zero-order valence-electron chi connectivity index (χ0n) is 40.8. The van der Waals surface area contributed by atoms with Gasteiger partial charge in [-0.2, -0.15) is 0 Å². The van der Waals surface area contributed by atoms with Crippen LogP contribution in [0.5, 0.6) is 0 Å². The molecule has 1 aromatic heterocycles. The minimum absolute atomic E-state index is 0.0957. The van der Waals surface area contributed by atoms with Crippen LogP contribution >= 0.6 is 0 Å². The summed E-state index contributed by atoms with van der Waals surface area (Å²) in [6, 6.07) is -0.808. The summed E-state index contributed by atoms with van der Waals surface area (Å²) in [5, 5.41) is 23.8. The van der Waals surface area contributed by atoms with Crippen LogP contribution in [0.1, 0.15) is 167 Å². The average molecular weight is 952 g/mol. The lowest BCUT2D eigenvalue weighted by Gasteiger charge is -2.25. The number of ether oxygens (including phenoxy) is 4. The van der Waals surface area contributed by atoms with Crippen LogP contribution in [0.3, 0.4) is 0 Å². The molecule has 0 aliphatic rings. The Morgan fingerprint density at radius 1 is 0.642 bits per heavy atom. The summed E-state index contributed by atoms with van der Waals surface area (Å²) in [6.07, 6.45) is 22.6. The molecule has 0 radical (unpaired) electrons. The van der Waals surface area contributed by atoms with Crippen molar-refractivity contribution in [2.45, 2.75) is 174 Å². The molecular weight excluding hydrogens is 867 g/mol. The number of imidazole rings is 1. The molecule has 384 valence electrons. The van der Waals surface area contributed by atoms with Crippen LogP contribution in [-0.4, -0.2) is 133 Å². The molecule has 1 heterocycles. The fourth-order valence-corrected chi connectivity index (χ4v) is 7.32. The largest absolute Gasteiger partial charge is 0.481 e. The van der Waals surface area contributed by atoms with E-state index in [1.807, 2.05) is 0 Å². The predicted molar refractivity (Wildman–Crippen MR) is 253 cm³/mol. The minimum Gasteiger partial charge on any atom is -0.481 e. The van der Waals surface area contributed by atoms with Crippen LogP contribution in [0.15, 0.2) is 12.5 Å². The van der Waals surface area contributed by atoms with Gasteiger partial charge in [-0.05, 0) is 32.1 Å². The fraction of sp³-hybridized carbons (Fsp3) is 0.796. The molecule has 0 unspecified atom stereocenters. The van der Waals surface area contributed by atoms with Crippen molar-refractivity contribution in [2.24, 2.45) is 17.1 Å². The molecule has 0 saturated heterocycles. The van der Waals surface area contributed by atoms with Crippen molar-refractivity contribution >= 4 is 41.1 Å². The van der Waals surface area contributed by atoms with E-state index in [0.717, 1.165) is 32.1 Å². The maximum atomic E-state index is 13.0. The number of aromatic nitrogens is 2. The lowest BCUT2D eigenvalue weighted by molar-refractivity contribution is -0.145. The molecule has 0 aliphatic heterocycles. The second kappa shape index (κ2) is 39.9. The van der Waals surface area contributed by atoms with Crippen LogP contribution in [0.2, 0.25) is 0 Å². The molecule has 1 rings (SSSR count). The van der Waals surface area contributed by atoms with Gasteiger partial charge in [0.1, 0.15) is 24.8 Å². The number of ketones is 3. The van der Waals surface area contributed by atoms with Gasteiger partial charge in [0, 0.05) is 75.5 Å². The number of carbonyl (C=O) groups is 7. The first-order valence-corrected chi connectivity index (χ1v) is 24.8. The summed E-state index contributed by atoms with van der Waals surface area (Å²) in [7, 11) is 0. The molecule has 0 aromatic carbocycles. The van der Waals surface area contributed by atoms with Crippen LogP contribution in [0, 0.1) is 11.3 Å². The van der Waals surface area contributed by atoms with E-state index in [2.05, 4.69) is 20.6 Å². The number of rotatable bonds is 48. The Morgan fingerprint density at radius 3 is 1.69 bits per heavy atom. The molecule has 0 saturated carbocycles. The van der Waals surface area contributed by atoms with E-state index in [1.54, 1.807) is 20.0 Å². The van der Waals surface area contributed by atoms with E-state index in [0.29, 0.717) is 57.6 Å². The van der Waals surface area contributed by atoms with Crippen molar-refractivity contribution in [2.75, 3.05) is 65.9 Å². The number of nitrogens with two attached hydrogens (primary N) is 1. The number of carbonyl (C=O) groups excluding carboxylic acids is 5. The minimum atomic E-state index is -1.09. The van der Waals surface area contributed by atoms with Crippen molar-refractivity contribution in [3.8, 4) is 0 Å². The topological polar surface area (TPSA) is 276 Å².